The van der Waals surface area contributed by atoms with Crippen molar-refractivity contribution in [2.75, 3.05) is 25.7 Å². The van der Waals surface area contributed by atoms with E-state index in [2.05, 4.69) is 9.72 Å². The maximum Gasteiger partial charge on any atom is 0.573 e. The van der Waals surface area contributed by atoms with Gasteiger partial charge >= 0.3 is 12.3 Å². The number of aromatic nitrogens is 1. The van der Waals surface area contributed by atoms with E-state index >= 15 is 0 Å². The molecule has 9 heteroatoms. The van der Waals surface area contributed by atoms with Crippen LogP contribution in [0.4, 0.5) is 24.5 Å². The summed E-state index contributed by atoms with van der Waals surface area (Å²) in [4.78, 5) is 18.1. The Kier molecular flexibility index (Phi) is 7.14. The summed E-state index contributed by atoms with van der Waals surface area (Å²) < 4.78 is 52.0. The van der Waals surface area contributed by atoms with Gasteiger partial charge in [-0.2, -0.15) is 0 Å². The first kappa shape index (κ1) is 24.4. The van der Waals surface area contributed by atoms with Gasteiger partial charge in [-0.05, 0) is 72.7 Å². The van der Waals surface area contributed by atoms with Gasteiger partial charge in [0.1, 0.15) is 11.5 Å². The first-order chi connectivity index (χ1) is 16.7. The molecule has 184 valence electrons. The molecule has 2 heterocycles. The zero-order chi connectivity index (χ0) is 25.0. The highest BCUT2D eigenvalue weighted by Gasteiger charge is 2.31. The molecule has 1 atom stereocenters. The Labute approximate surface area is 201 Å². The second-order valence-electron chi connectivity index (χ2n) is 8.22. The van der Waals surface area contributed by atoms with Crippen LogP contribution in [0.25, 0.3) is 0 Å². The standard InChI is InChI=1S/C26H25F3N2O4/c1-31(19-5-8-21(9-6-19)35-26(27,28)29)20-7-10-22-17(12-14-34-24(22)15-20)3-4-18-16-30-13-11-23(18)25(32)33-2/h5-11,13,15-17H,3-4,12,14H2,1-2H3/t17-/m1/s1. The van der Waals surface area contributed by atoms with E-state index in [4.69, 9.17) is 9.47 Å². The molecule has 4 rings (SSSR count). The van der Waals surface area contributed by atoms with Crippen LogP contribution in [0.5, 0.6) is 11.5 Å². The Bertz CT molecular complexity index is 1180. The van der Waals surface area contributed by atoms with Crippen molar-refractivity contribution in [2.45, 2.75) is 31.5 Å². The molecule has 0 radical (unpaired) electrons. The zero-order valence-electron chi connectivity index (χ0n) is 19.3. The Morgan fingerprint density at radius 3 is 2.60 bits per heavy atom. The molecule has 6 nitrogen and oxygen atoms in total. The van der Waals surface area contributed by atoms with Crippen molar-refractivity contribution in [3.05, 3.63) is 77.6 Å². The molecule has 35 heavy (non-hydrogen) atoms. The number of hydrogen-bond donors (Lipinski definition) is 0. The highest BCUT2D eigenvalue weighted by atomic mass is 19.4. The molecule has 1 aliphatic rings. The van der Waals surface area contributed by atoms with Crippen molar-refractivity contribution < 1.29 is 32.2 Å². The van der Waals surface area contributed by atoms with Gasteiger partial charge in [0.05, 0.1) is 19.3 Å². The molecule has 3 aromatic rings. The second-order valence-corrected chi connectivity index (χ2v) is 8.22. The first-order valence-electron chi connectivity index (χ1n) is 11.1. The summed E-state index contributed by atoms with van der Waals surface area (Å²) in [6.45, 7) is 0.575. The predicted octanol–water partition coefficient (Wildman–Crippen LogP) is 6.03. The molecular weight excluding hydrogens is 461 g/mol. The number of halogens is 3. The van der Waals surface area contributed by atoms with E-state index in [1.54, 1.807) is 30.6 Å². The lowest BCUT2D eigenvalue weighted by atomic mass is 9.87. The monoisotopic (exact) mass is 486 g/mol. The molecule has 0 bridgehead atoms. The Morgan fingerprint density at radius 1 is 1.14 bits per heavy atom. The number of anilines is 2. The largest absolute Gasteiger partial charge is 0.573 e. The Balaban J connectivity index is 1.48. The summed E-state index contributed by atoms with van der Waals surface area (Å²) in [6, 6.07) is 13.3. The third kappa shape index (κ3) is 5.85. The van der Waals surface area contributed by atoms with Crippen molar-refractivity contribution in [1.82, 2.24) is 4.98 Å². The number of fused-ring (bicyclic) bond motifs is 1. The van der Waals surface area contributed by atoms with E-state index in [0.717, 1.165) is 35.4 Å². The van der Waals surface area contributed by atoms with Crippen LogP contribution >= 0.6 is 0 Å². The lowest BCUT2D eigenvalue weighted by molar-refractivity contribution is -0.274. The summed E-state index contributed by atoms with van der Waals surface area (Å²) >= 11 is 0. The number of carbonyl (C=O) groups excluding carboxylic acids is 1. The molecule has 0 aliphatic carbocycles. The fraction of sp³-hybridized carbons (Fsp3) is 0.308. The highest BCUT2D eigenvalue weighted by molar-refractivity contribution is 5.90. The van der Waals surface area contributed by atoms with Gasteiger partial charge in [-0.1, -0.05) is 6.07 Å². The summed E-state index contributed by atoms with van der Waals surface area (Å²) in [5.74, 6) is 0.389. The number of esters is 1. The lowest BCUT2D eigenvalue weighted by Gasteiger charge is -2.28. The van der Waals surface area contributed by atoms with Gasteiger partial charge in [0.15, 0.2) is 0 Å². The van der Waals surface area contributed by atoms with Gasteiger partial charge in [0.25, 0.3) is 0 Å². The summed E-state index contributed by atoms with van der Waals surface area (Å²) in [5.41, 5.74) is 4.01. The first-order valence-corrected chi connectivity index (χ1v) is 11.1. The van der Waals surface area contributed by atoms with Crippen molar-refractivity contribution >= 4 is 17.3 Å². The van der Waals surface area contributed by atoms with E-state index in [1.807, 2.05) is 30.1 Å². The molecule has 0 unspecified atom stereocenters. The van der Waals surface area contributed by atoms with Crippen LogP contribution in [0, 0.1) is 0 Å². The SMILES string of the molecule is COC(=O)c1ccncc1CC[C@@H]1CCOc2cc(N(C)c3ccc(OC(F)(F)F)cc3)ccc21. The topological polar surface area (TPSA) is 60.9 Å². The van der Waals surface area contributed by atoms with E-state index in [0.29, 0.717) is 24.3 Å². The quantitative estimate of drug-likeness (QED) is 0.380. The number of carbonyl (C=O) groups is 1. The minimum Gasteiger partial charge on any atom is -0.493 e. The number of hydrogen-bond acceptors (Lipinski definition) is 6. The van der Waals surface area contributed by atoms with Crippen LogP contribution in [-0.4, -0.2) is 38.1 Å². The van der Waals surface area contributed by atoms with Gasteiger partial charge in [0.2, 0.25) is 0 Å². The molecule has 0 N–H and O–H groups in total. The van der Waals surface area contributed by atoms with Crippen molar-refractivity contribution in [2.24, 2.45) is 0 Å². The predicted molar refractivity (Wildman–Crippen MR) is 124 cm³/mol. The maximum atomic E-state index is 12.4. The minimum atomic E-state index is -4.72. The van der Waals surface area contributed by atoms with Crippen LogP contribution in [0.15, 0.2) is 60.9 Å². The number of nitrogens with zero attached hydrogens (tertiary/aromatic N) is 2. The smallest absolute Gasteiger partial charge is 0.493 e. The molecule has 0 saturated heterocycles. The van der Waals surface area contributed by atoms with Crippen molar-refractivity contribution in [3.63, 3.8) is 0 Å². The van der Waals surface area contributed by atoms with Crippen LogP contribution in [0.1, 0.15) is 40.2 Å². The van der Waals surface area contributed by atoms with E-state index < -0.39 is 6.36 Å². The third-order valence-electron chi connectivity index (χ3n) is 6.08. The highest BCUT2D eigenvalue weighted by Crippen LogP contribution is 2.40. The van der Waals surface area contributed by atoms with Gasteiger partial charge in [-0.3, -0.25) is 4.98 Å². The second kappa shape index (κ2) is 10.2. The molecule has 0 spiro atoms. The van der Waals surface area contributed by atoms with Gasteiger partial charge in [0, 0.05) is 36.9 Å². The number of benzene rings is 2. The van der Waals surface area contributed by atoms with Gasteiger partial charge in [-0.15, -0.1) is 13.2 Å². The van der Waals surface area contributed by atoms with Crippen LogP contribution in [0.3, 0.4) is 0 Å². The number of pyridine rings is 1. The van der Waals surface area contributed by atoms with Gasteiger partial charge < -0.3 is 19.1 Å². The van der Waals surface area contributed by atoms with Crippen LogP contribution < -0.4 is 14.4 Å². The van der Waals surface area contributed by atoms with E-state index in [1.165, 1.54) is 19.2 Å². The zero-order valence-corrected chi connectivity index (χ0v) is 19.3. The summed E-state index contributed by atoms with van der Waals surface area (Å²) in [5, 5.41) is 0. The van der Waals surface area contributed by atoms with Crippen molar-refractivity contribution in [3.8, 4) is 11.5 Å². The molecule has 0 amide bonds. The molecule has 2 aromatic carbocycles. The van der Waals surface area contributed by atoms with E-state index in [9.17, 15) is 18.0 Å². The molecule has 0 fully saturated rings. The minimum absolute atomic E-state index is 0.252. The molecule has 1 aromatic heterocycles. The average molecular weight is 486 g/mol. The number of ether oxygens (including phenoxy) is 3. The van der Waals surface area contributed by atoms with Crippen LogP contribution in [-0.2, 0) is 11.2 Å². The lowest BCUT2D eigenvalue weighted by Crippen LogP contribution is -2.17. The van der Waals surface area contributed by atoms with Crippen molar-refractivity contribution in [1.29, 1.82) is 0 Å². The summed E-state index contributed by atoms with van der Waals surface area (Å²) in [6.07, 6.45) is 0.913. The number of aryl methyl sites for hydroxylation is 1. The van der Waals surface area contributed by atoms with E-state index in [-0.39, 0.29) is 17.6 Å². The Hall–Kier alpha value is -3.75. The number of methoxy groups -OCH3 is 1. The molecular formula is C26H25F3N2O4. The Morgan fingerprint density at radius 2 is 1.89 bits per heavy atom. The fourth-order valence-electron chi connectivity index (χ4n) is 4.25. The third-order valence-corrected chi connectivity index (χ3v) is 6.08. The number of alkyl halides is 3. The fourth-order valence-corrected chi connectivity index (χ4v) is 4.25. The summed E-state index contributed by atoms with van der Waals surface area (Å²) in [7, 11) is 3.19. The molecule has 0 saturated carbocycles. The molecule has 1 aliphatic heterocycles. The normalized spacial score (nSPS) is 15.1. The maximum absolute atomic E-state index is 12.4. The average Bonchev–Trinajstić information content (AvgIpc) is 2.86. The number of rotatable bonds is 7. The van der Waals surface area contributed by atoms with Gasteiger partial charge in [-0.25, -0.2) is 4.79 Å². The van der Waals surface area contributed by atoms with Crippen LogP contribution in [0.2, 0.25) is 0 Å².